The van der Waals surface area contributed by atoms with Crippen molar-refractivity contribution in [2.75, 3.05) is 47.5 Å². The maximum Gasteiger partial charge on any atom is 0.472 e. The van der Waals surface area contributed by atoms with Crippen molar-refractivity contribution in [2.24, 2.45) is 0 Å². The Balaban J connectivity index is 4.35. The van der Waals surface area contributed by atoms with Crippen molar-refractivity contribution in [3.05, 3.63) is 158 Å². The predicted octanol–water partition coefficient (Wildman–Crippen LogP) is 17.7. The Morgan fingerprint density at radius 1 is 0.419 bits per heavy atom. The second-order valence-electron chi connectivity index (χ2n) is 19.2. The van der Waals surface area contributed by atoms with E-state index in [1.165, 1.54) is 25.7 Å². The average Bonchev–Trinajstić information content (AvgIpc) is 3.36. The fourth-order valence-corrected chi connectivity index (χ4v) is 7.51. The molecule has 10 heteroatoms. The number of likely N-dealkylation sites (N-methyl/N-ethyl adjacent to an activating group) is 1. The number of allylic oxidation sites excluding steroid dienone is 26. The quantitative estimate of drug-likeness (QED) is 0.0211. The molecule has 0 saturated heterocycles. The number of hydrogen-bond donors (Lipinski definition) is 1. The molecule has 2 atom stereocenters. The summed E-state index contributed by atoms with van der Waals surface area (Å²) in [5.41, 5.74) is 0. The van der Waals surface area contributed by atoms with Gasteiger partial charge in [-0.15, -0.1) is 0 Å². The topological polar surface area (TPSA) is 108 Å². The first-order valence-electron chi connectivity index (χ1n) is 28.2. The molecule has 0 aliphatic heterocycles. The van der Waals surface area contributed by atoms with E-state index in [0.717, 1.165) is 109 Å². The number of nitrogens with zero attached hydrogens (tertiary/aromatic N) is 1. The summed E-state index contributed by atoms with van der Waals surface area (Å²) in [6.45, 7) is 4.09. The van der Waals surface area contributed by atoms with Gasteiger partial charge in [-0.1, -0.05) is 210 Å². The number of unbranched alkanes of at least 4 members (excludes halogenated alkanes) is 9. The van der Waals surface area contributed by atoms with Crippen molar-refractivity contribution in [3.8, 4) is 0 Å². The van der Waals surface area contributed by atoms with Gasteiger partial charge in [-0.25, -0.2) is 4.57 Å². The summed E-state index contributed by atoms with van der Waals surface area (Å²) >= 11 is 0. The molecule has 0 fully saturated rings. The SMILES string of the molecule is CC/C=C\C/C=C\C/C=C\C/C=C\C/C=C\C/C=C\C/C=C\CCCC(=O)OC(COC(=O)CCCCCCCCCC/C=C\C/C=C\C/C=C\C/C=C\C/C=C\C/C=C\CC)COP(=O)(O)OCC[N+](C)(C)C. The molecule has 0 heterocycles. The van der Waals surface area contributed by atoms with Crippen LogP contribution in [0.15, 0.2) is 158 Å². The summed E-state index contributed by atoms with van der Waals surface area (Å²) in [6, 6.07) is 0. The maximum absolute atomic E-state index is 12.8. The predicted molar refractivity (Wildman–Crippen MR) is 316 cm³/mol. The monoisotopic (exact) mass is 1040 g/mol. The molecule has 0 aliphatic rings. The maximum atomic E-state index is 12.8. The normalized spacial score (nSPS) is 14.5. The number of rotatable bonds is 49. The number of carbonyl (C=O) groups excluding carboxylic acids is 2. The molecule has 2 unspecified atom stereocenters. The third-order valence-electron chi connectivity index (χ3n) is 11.1. The van der Waals surface area contributed by atoms with Crippen LogP contribution in [0.3, 0.4) is 0 Å². The molecule has 1 N–H and O–H groups in total. The highest BCUT2D eigenvalue weighted by molar-refractivity contribution is 7.47. The molecule has 0 spiro atoms. The first-order chi connectivity index (χ1) is 36.0. The number of quaternary nitrogens is 1. The van der Waals surface area contributed by atoms with E-state index in [2.05, 4.69) is 166 Å². The Hall–Kier alpha value is -4.37. The van der Waals surface area contributed by atoms with Gasteiger partial charge in [-0.3, -0.25) is 18.6 Å². The van der Waals surface area contributed by atoms with E-state index < -0.39 is 32.5 Å². The van der Waals surface area contributed by atoms with Gasteiger partial charge < -0.3 is 18.9 Å². The Labute approximate surface area is 452 Å². The number of hydrogen-bond acceptors (Lipinski definition) is 7. The standard InChI is InChI=1S/C64H102NO8P/c1-6-8-10-12-14-16-18-20-22-24-26-28-30-31-32-33-35-36-38-40-42-44-46-48-50-52-54-56-63(66)70-60-62(61-72-74(68,69)71-59-58-65(3,4)5)73-64(67)57-55-53-51-49-47-45-43-41-39-37-34-29-27-25-23-21-19-17-15-13-11-9-7-2/h8-11,14-17,20-23,26-29,31-32,35-37,39,43,45,49,51,62H,6-7,12-13,18-19,24-25,30,33-34,38,40-42,44,46-48,50,52-61H2,1-5H3/p+1/b10-8-,11-9-,16-14-,17-15-,22-20-,23-21-,28-26-,29-27-,32-31-,36-35-,39-37-,45-43-,51-49-. The summed E-state index contributed by atoms with van der Waals surface area (Å²) in [5.74, 6) is -0.892. The van der Waals surface area contributed by atoms with E-state index in [0.29, 0.717) is 30.3 Å². The van der Waals surface area contributed by atoms with Crippen molar-refractivity contribution in [1.82, 2.24) is 0 Å². The summed E-state index contributed by atoms with van der Waals surface area (Å²) in [4.78, 5) is 35.7. The number of esters is 2. The van der Waals surface area contributed by atoms with Crippen LogP contribution in [-0.2, 0) is 32.7 Å². The van der Waals surface area contributed by atoms with E-state index in [-0.39, 0.29) is 26.1 Å². The molecular weight excluding hydrogens is 942 g/mol. The smallest absolute Gasteiger partial charge is 0.462 e. The lowest BCUT2D eigenvalue weighted by Gasteiger charge is -2.24. The minimum absolute atomic E-state index is 0.00932. The molecule has 0 aromatic heterocycles. The molecule has 0 bridgehead atoms. The van der Waals surface area contributed by atoms with Gasteiger partial charge in [0.2, 0.25) is 0 Å². The van der Waals surface area contributed by atoms with Crippen LogP contribution in [0.1, 0.15) is 181 Å². The van der Waals surface area contributed by atoms with Crippen LogP contribution in [0.2, 0.25) is 0 Å². The number of ether oxygens (including phenoxy) is 2. The first-order valence-corrected chi connectivity index (χ1v) is 29.7. The van der Waals surface area contributed by atoms with Crippen LogP contribution in [0.4, 0.5) is 0 Å². The molecule has 74 heavy (non-hydrogen) atoms. The van der Waals surface area contributed by atoms with Gasteiger partial charge in [0.1, 0.15) is 19.8 Å². The fourth-order valence-electron chi connectivity index (χ4n) is 6.77. The third kappa shape index (κ3) is 56.9. The van der Waals surface area contributed by atoms with Gasteiger partial charge in [0.05, 0.1) is 27.7 Å². The minimum atomic E-state index is -4.42. The zero-order valence-corrected chi connectivity index (χ0v) is 47.9. The van der Waals surface area contributed by atoms with Gasteiger partial charge in [0.25, 0.3) is 0 Å². The Morgan fingerprint density at radius 2 is 0.743 bits per heavy atom. The lowest BCUT2D eigenvalue weighted by molar-refractivity contribution is -0.870. The first kappa shape index (κ1) is 69.6. The van der Waals surface area contributed by atoms with E-state index in [9.17, 15) is 19.0 Å². The number of carbonyl (C=O) groups is 2. The van der Waals surface area contributed by atoms with Gasteiger partial charge >= 0.3 is 19.8 Å². The molecule has 0 aromatic rings. The molecule has 0 aliphatic carbocycles. The second-order valence-corrected chi connectivity index (χ2v) is 20.7. The van der Waals surface area contributed by atoms with Gasteiger partial charge in [-0.2, -0.15) is 0 Å². The van der Waals surface area contributed by atoms with Crippen LogP contribution in [0.5, 0.6) is 0 Å². The average molecular weight is 1050 g/mol. The molecule has 9 nitrogen and oxygen atoms in total. The third-order valence-corrected chi connectivity index (χ3v) is 12.0. The van der Waals surface area contributed by atoms with Crippen LogP contribution in [0.25, 0.3) is 0 Å². The Bertz CT molecular complexity index is 1800. The van der Waals surface area contributed by atoms with E-state index in [4.69, 9.17) is 18.5 Å². The van der Waals surface area contributed by atoms with Crippen molar-refractivity contribution in [1.29, 1.82) is 0 Å². The molecule has 0 rings (SSSR count). The summed E-state index contributed by atoms with van der Waals surface area (Å²) in [7, 11) is 1.41. The van der Waals surface area contributed by atoms with Gasteiger partial charge in [-0.05, 0) is 116 Å². The number of phosphoric acid groups is 1. The Morgan fingerprint density at radius 3 is 1.12 bits per heavy atom. The fraction of sp³-hybridized carbons (Fsp3) is 0.562. The second kappa shape index (κ2) is 53.5. The summed E-state index contributed by atoms with van der Waals surface area (Å²) < 4.78 is 34.4. The van der Waals surface area contributed by atoms with Crippen LogP contribution < -0.4 is 0 Å². The van der Waals surface area contributed by atoms with Crippen LogP contribution >= 0.6 is 7.82 Å². The van der Waals surface area contributed by atoms with E-state index in [1.54, 1.807) is 0 Å². The largest absolute Gasteiger partial charge is 0.472 e. The molecular formula is C64H103NO8P+. The van der Waals surface area contributed by atoms with Gasteiger partial charge in [0.15, 0.2) is 6.10 Å². The van der Waals surface area contributed by atoms with Gasteiger partial charge in [0, 0.05) is 12.8 Å². The zero-order chi connectivity index (χ0) is 54.2. The van der Waals surface area contributed by atoms with Crippen molar-refractivity contribution >= 4 is 19.8 Å². The van der Waals surface area contributed by atoms with Crippen LogP contribution in [-0.4, -0.2) is 74.9 Å². The lowest BCUT2D eigenvalue weighted by Crippen LogP contribution is -2.37. The van der Waals surface area contributed by atoms with Crippen molar-refractivity contribution < 1.29 is 42.1 Å². The van der Waals surface area contributed by atoms with Crippen LogP contribution in [0, 0.1) is 0 Å². The highest BCUT2D eigenvalue weighted by Crippen LogP contribution is 2.43. The van der Waals surface area contributed by atoms with E-state index >= 15 is 0 Å². The van der Waals surface area contributed by atoms with Crippen molar-refractivity contribution in [2.45, 2.75) is 187 Å². The zero-order valence-electron chi connectivity index (χ0n) is 47.0. The highest BCUT2D eigenvalue weighted by Gasteiger charge is 2.27. The molecule has 0 amide bonds. The number of phosphoric ester groups is 1. The lowest BCUT2D eigenvalue weighted by atomic mass is 10.1. The highest BCUT2D eigenvalue weighted by atomic mass is 31.2. The van der Waals surface area contributed by atoms with Crippen molar-refractivity contribution in [3.63, 3.8) is 0 Å². The molecule has 0 radical (unpaired) electrons. The Kier molecular flexibility index (Phi) is 50.3. The minimum Gasteiger partial charge on any atom is -0.462 e. The molecule has 0 aromatic carbocycles. The summed E-state index contributed by atoms with van der Waals surface area (Å²) in [5, 5.41) is 0. The van der Waals surface area contributed by atoms with E-state index in [1.807, 2.05) is 27.2 Å². The summed E-state index contributed by atoms with van der Waals surface area (Å²) in [6.07, 6.45) is 80.3. The molecule has 0 saturated carbocycles. The molecule has 416 valence electrons.